The lowest BCUT2D eigenvalue weighted by Crippen LogP contribution is -2.30. The van der Waals surface area contributed by atoms with E-state index in [-0.39, 0.29) is 25.7 Å². The van der Waals surface area contributed by atoms with Crippen LogP contribution < -0.4 is 0 Å². The fourth-order valence-corrected chi connectivity index (χ4v) is 12.0. The van der Waals surface area contributed by atoms with Crippen LogP contribution in [0.5, 0.6) is 0 Å². The van der Waals surface area contributed by atoms with Gasteiger partial charge in [0.2, 0.25) is 0 Å². The molecule has 5 unspecified atom stereocenters. The van der Waals surface area contributed by atoms with Crippen molar-refractivity contribution in [2.45, 2.75) is 341 Å². The van der Waals surface area contributed by atoms with Gasteiger partial charge in [0.05, 0.1) is 32.8 Å². The van der Waals surface area contributed by atoms with E-state index in [9.17, 15) is 43.2 Å². The zero-order chi connectivity index (χ0) is 76.0. The second-order valence-electron chi connectivity index (χ2n) is 26.6. The number of hydrogen-bond donors (Lipinski definition) is 3. The Morgan fingerprint density at radius 3 is 0.885 bits per heavy atom. The lowest BCUT2D eigenvalue weighted by Gasteiger charge is -2.21. The third-order valence-electron chi connectivity index (χ3n) is 16.6. The van der Waals surface area contributed by atoms with Crippen LogP contribution in [-0.4, -0.2) is 96.7 Å². The maximum Gasteiger partial charge on any atom is 0.472 e. The van der Waals surface area contributed by atoms with Crippen molar-refractivity contribution in [3.63, 3.8) is 0 Å². The van der Waals surface area contributed by atoms with Gasteiger partial charge >= 0.3 is 39.5 Å². The van der Waals surface area contributed by atoms with Crippen molar-refractivity contribution in [1.82, 2.24) is 0 Å². The first kappa shape index (κ1) is 99.2. The number of aliphatic hydroxyl groups excluding tert-OH is 1. The second kappa shape index (κ2) is 76.4. The van der Waals surface area contributed by atoms with E-state index < -0.39 is 97.5 Å². The molecule has 0 saturated heterocycles. The summed E-state index contributed by atoms with van der Waals surface area (Å²) >= 11 is 0. The van der Waals surface area contributed by atoms with Crippen molar-refractivity contribution in [3.05, 3.63) is 134 Å². The molecule has 0 amide bonds. The predicted molar refractivity (Wildman–Crippen MR) is 427 cm³/mol. The highest BCUT2D eigenvalue weighted by atomic mass is 31.2. The second-order valence-corrected chi connectivity index (χ2v) is 29.5. The number of allylic oxidation sites excluding steroid dienone is 21. The molecule has 0 heterocycles. The molecule has 0 aliphatic heterocycles. The summed E-state index contributed by atoms with van der Waals surface area (Å²) in [6, 6.07) is 0. The lowest BCUT2D eigenvalue weighted by atomic mass is 10.1. The molecule has 0 radical (unpaired) electrons. The van der Waals surface area contributed by atoms with Crippen LogP contribution in [-0.2, 0) is 65.4 Å². The molecule has 0 aromatic heterocycles. The molecule has 0 aliphatic rings. The molecule has 0 rings (SSSR count). The lowest BCUT2D eigenvalue weighted by molar-refractivity contribution is -0.161. The van der Waals surface area contributed by atoms with Crippen LogP contribution in [0.25, 0.3) is 0 Å². The summed E-state index contributed by atoms with van der Waals surface area (Å²) in [5.74, 6) is -2.36. The van der Waals surface area contributed by atoms with Crippen molar-refractivity contribution in [1.29, 1.82) is 0 Å². The number of carbonyl (C=O) groups excluding carboxylic acids is 4. The molecule has 596 valence electrons. The first-order valence-corrected chi connectivity index (χ1v) is 43.4. The molecule has 0 spiro atoms. The molecule has 0 bridgehead atoms. The van der Waals surface area contributed by atoms with Gasteiger partial charge in [0.15, 0.2) is 12.2 Å². The highest BCUT2D eigenvalue weighted by Crippen LogP contribution is 2.45. The molecule has 104 heavy (non-hydrogen) atoms. The van der Waals surface area contributed by atoms with Crippen LogP contribution in [0.4, 0.5) is 0 Å². The van der Waals surface area contributed by atoms with Gasteiger partial charge < -0.3 is 33.8 Å². The molecular formula is C85H144O17P2. The van der Waals surface area contributed by atoms with E-state index in [0.717, 1.165) is 167 Å². The zero-order valence-corrected chi connectivity index (χ0v) is 66.9. The summed E-state index contributed by atoms with van der Waals surface area (Å²) in [7, 11) is -10.0. The first-order valence-electron chi connectivity index (χ1n) is 40.4. The number of unbranched alkanes of at least 4 members (excludes halogenated alkanes) is 28. The Bertz CT molecular complexity index is 2490. The minimum atomic E-state index is -5.01. The SMILES string of the molecule is CC/C=C\C/C=C\C/C=C\C/C=C\C/C=C\CC(=O)OC(COC(=O)CCCCCCCC/C=C\C/C=C\C/C=C\CCCCC)COP(=O)(O)OCC(O)COP(=O)(O)OCC(COC(=O)CCCCCCC/C=C\C/C=C\CCCCC)OC(=O)CCCCCCC/C=C\CCCCCCCC. The third-order valence-corrected chi connectivity index (χ3v) is 18.5. The summed E-state index contributed by atoms with van der Waals surface area (Å²) in [5.41, 5.74) is 0. The zero-order valence-electron chi connectivity index (χ0n) is 65.2. The summed E-state index contributed by atoms with van der Waals surface area (Å²) in [5, 5.41) is 10.6. The van der Waals surface area contributed by atoms with Crippen LogP contribution in [0.1, 0.15) is 323 Å². The minimum Gasteiger partial charge on any atom is -0.462 e. The van der Waals surface area contributed by atoms with Crippen molar-refractivity contribution in [2.24, 2.45) is 0 Å². The Balaban J connectivity index is 5.45. The Kier molecular flexibility index (Phi) is 72.9. The van der Waals surface area contributed by atoms with Gasteiger partial charge in [-0.2, -0.15) is 0 Å². The van der Waals surface area contributed by atoms with Crippen molar-refractivity contribution < 1.29 is 80.2 Å². The van der Waals surface area contributed by atoms with E-state index in [0.29, 0.717) is 25.7 Å². The molecule has 3 N–H and O–H groups in total. The molecule has 0 aromatic carbocycles. The molecular weight excluding hydrogens is 1350 g/mol. The van der Waals surface area contributed by atoms with Gasteiger partial charge in [0, 0.05) is 19.3 Å². The van der Waals surface area contributed by atoms with Crippen molar-refractivity contribution in [3.8, 4) is 0 Å². The van der Waals surface area contributed by atoms with E-state index >= 15 is 0 Å². The van der Waals surface area contributed by atoms with E-state index in [1.165, 1.54) is 77.0 Å². The van der Waals surface area contributed by atoms with Crippen LogP contribution in [0.15, 0.2) is 134 Å². The Morgan fingerprint density at radius 1 is 0.288 bits per heavy atom. The van der Waals surface area contributed by atoms with E-state index in [2.05, 4.69) is 137 Å². The average Bonchev–Trinajstić information content (AvgIpc) is 0.999. The Morgan fingerprint density at radius 2 is 0.538 bits per heavy atom. The highest BCUT2D eigenvalue weighted by Gasteiger charge is 2.30. The number of phosphoric ester groups is 2. The van der Waals surface area contributed by atoms with E-state index in [1.807, 2.05) is 12.2 Å². The summed E-state index contributed by atoms with van der Waals surface area (Å²) in [4.78, 5) is 73.0. The largest absolute Gasteiger partial charge is 0.472 e. The number of hydrogen-bond acceptors (Lipinski definition) is 15. The van der Waals surface area contributed by atoms with Gasteiger partial charge in [0.25, 0.3) is 0 Å². The smallest absolute Gasteiger partial charge is 0.462 e. The summed E-state index contributed by atoms with van der Waals surface area (Å²) in [6.45, 7) is 4.56. The monoisotopic (exact) mass is 1500 g/mol. The molecule has 0 saturated carbocycles. The molecule has 17 nitrogen and oxygen atoms in total. The van der Waals surface area contributed by atoms with Gasteiger partial charge in [-0.05, 0) is 148 Å². The van der Waals surface area contributed by atoms with Crippen LogP contribution in [0.3, 0.4) is 0 Å². The Labute approximate surface area is 631 Å². The quantitative estimate of drug-likeness (QED) is 0.0169. The maximum atomic E-state index is 13.1. The van der Waals surface area contributed by atoms with Crippen molar-refractivity contribution >= 4 is 39.5 Å². The molecule has 0 aromatic rings. The van der Waals surface area contributed by atoms with Gasteiger partial charge in [0.1, 0.15) is 19.3 Å². The number of phosphoric acid groups is 2. The number of rotatable bonds is 75. The molecule has 5 atom stereocenters. The van der Waals surface area contributed by atoms with Crippen LogP contribution in [0.2, 0.25) is 0 Å². The van der Waals surface area contributed by atoms with Gasteiger partial charge in [-0.1, -0.05) is 283 Å². The van der Waals surface area contributed by atoms with E-state index in [1.54, 1.807) is 12.2 Å². The number of aliphatic hydroxyl groups is 1. The number of carbonyl (C=O) groups is 4. The van der Waals surface area contributed by atoms with Gasteiger partial charge in [-0.25, -0.2) is 9.13 Å². The topological polar surface area (TPSA) is 237 Å². The number of esters is 4. The standard InChI is InChI=1S/C85H144O17P2/c1-5-9-13-17-21-25-29-33-37-38-39-40-44-46-50-54-58-62-66-70-83(88)96-76-81(102-85(90)72-68-64-60-56-52-48-43-36-32-28-24-20-16-12-8-4)78-100-104(93,94)98-74-79(86)73-97-103(91,92)99-77-80(101-84(89)71-67-63-59-55-51-47-42-35-31-27-23-19-15-11-7-3)75-95-82(87)69-65-61-57-53-49-45-41-34-30-26-22-18-14-10-6-2/h12,16,21-22,24-26,28,33-37,39-43,52,56,64,68,79-81,86H,5-11,13-15,17-20,23,27,29-32,38,44-51,53-55,57-63,65-67,69-78H2,1-4H3,(H,91,92)(H,93,94)/b16-12-,25-21-,26-22-,28-24-,37-33-,40-39-,41-34-,42-35-,43-36-,56-52-,68-64-. The van der Waals surface area contributed by atoms with Gasteiger partial charge in [-0.15, -0.1) is 0 Å². The minimum absolute atomic E-state index is 0.0775. The normalized spacial score (nSPS) is 14.6. The summed E-state index contributed by atoms with van der Waals surface area (Å²) in [6.07, 6.45) is 86.0. The Hall–Kier alpha value is -4.80. The molecule has 0 aliphatic carbocycles. The van der Waals surface area contributed by atoms with Gasteiger partial charge in [-0.3, -0.25) is 37.3 Å². The summed E-state index contributed by atoms with van der Waals surface area (Å²) < 4.78 is 68.5. The fraction of sp³-hybridized carbons (Fsp3) is 0.694. The number of ether oxygens (including phenoxy) is 4. The van der Waals surface area contributed by atoms with Crippen LogP contribution >= 0.6 is 15.6 Å². The third kappa shape index (κ3) is 75.4. The molecule has 0 fully saturated rings. The maximum absolute atomic E-state index is 13.1. The van der Waals surface area contributed by atoms with Crippen molar-refractivity contribution in [2.75, 3.05) is 39.6 Å². The van der Waals surface area contributed by atoms with E-state index in [4.69, 9.17) is 37.0 Å². The first-order chi connectivity index (χ1) is 50.7. The average molecular weight is 1500 g/mol. The highest BCUT2D eigenvalue weighted by molar-refractivity contribution is 7.47. The fourth-order valence-electron chi connectivity index (χ4n) is 10.4. The van der Waals surface area contributed by atoms with Crippen LogP contribution in [0, 0.1) is 0 Å². The predicted octanol–water partition coefficient (Wildman–Crippen LogP) is 23.7. The molecule has 19 heteroatoms.